The fourth-order valence-corrected chi connectivity index (χ4v) is 6.23. The van der Waals surface area contributed by atoms with Crippen LogP contribution in [-0.4, -0.2) is 11.1 Å². The Morgan fingerprint density at radius 2 is 1.31 bits per heavy atom. The minimum absolute atomic E-state index is 0.219. The summed E-state index contributed by atoms with van der Waals surface area (Å²) in [4.78, 5) is 17.3. The molecule has 0 saturated heterocycles. The number of esters is 1. The second-order valence-electron chi connectivity index (χ2n) is 12.8. The first-order valence-corrected chi connectivity index (χ1v) is 16.6. The summed E-state index contributed by atoms with van der Waals surface area (Å²) in [5.74, 6) is 0.775. The molecule has 1 N–H and O–H groups in total. The van der Waals surface area contributed by atoms with Gasteiger partial charge in [0.15, 0.2) is 0 Å². The SMILES string of the molecule is CCCC(C)(C)C(=O)Oc1cccc(N(c2ccccc2)c2ccc(C3C=CC(N(c4ccccc4)c4cccc(O)c4)=CC3)cc2)c1. The molecular formula is C43H42N2O3. The Kier molecular flexibility index (Phi) is 9.77. The van der Waals surface area contributed by atoms with Crippen molar-refractivity contribution in [3.8, 4) is 11.5 Å². The Balaban J connectivity index is 1.24. The molecule has 5 aromatic rings. The van der Waals surface area contributed by atoms with Crippen LogP contribution >= 0.6 is 0 Å². The lowest BCUT2D eigenvalue weighted by molar-refractivity contribution is -0.144. The van der Waals surface area contributed by atoms with Crippen molar-refractivity contribution < 1.29 is 14.6 Å². The van der Waals surface area contributed by atoms with E-state index in [9.17, 15) is 9.90 Å². The highest BCUT2D eigenvalue weighted by molar-refractivity contribution is 5.80. The van der Waals surface area contributed by atoms with E-state index in [1.807, 2.05) is 86.6 Å². The van der Waals surface area contributed by atoms with Crippen LogP contribution in [0.25, 0.3) is 0 Å². The summed E-state index contributed by atoms with van der Waals surface area (Å²) in [5, 5.41) is 10.2. The van der Waals surface area contributed by atoms with Crippen molar-refractivity contribution >= 4 is 34.4 Å². The second-order valence-corrected chi connectivity index (χ2v) is 12.8. The molecule has 1 atom stereocenters. The average molecular weight is 635 g/mol. The number of nitrogens with zero attached hydrogens (tertiary/aromatic N) is 2. The van der Waals surface area contributed by atoms with Crippen LogP contribution < -0.4 is 14.5 Å². The first-order valence-electron chi connectivity index (χ1n) is 16.6. The highest BCUT2D eigenvalue weighted by Crippen LogP contribution is 2.39. The molecule has 0 fully saturated rings. The average Bonchev–Trinajstić information content (AvgIpc) is 3.10. The highest BCUT2D eigenvalue weighted by Gasteiger charge is 2.29. The molecule has 5 heteroatoms. The number of carbonyl (C=O) groups excluding carboxylic acids is 1. The number of rotatable bonds is 11. The minimum Gasteiger partial charge on any atom is -0.508 e. The lowest BCUT2D eigenvalue weighted by atomic mass is 9.88. The number of para-hydroxylation sites is 2. The Labute approximate surface area is 284 Å². The third-order valence-electron chi connectivity index (χ3n) is 8.75. The van der Waals surface area contributed by atoms with E-state index in [0.717, 1.165) is 53.4 Å². The van der Waals surface area contributed by atoms with Crippen molar-refractivity contribution in [1.29, 1.82) is 0 Å². The molecule has 1 unspecified atom stereocenters. The standard InChI is InChI=1S/C43H42N2O3/c1-4-29-43(2,3)42(47)48-41-20-12-18-39(31-41)45(35-15-9-6-10-16-35)37-27-23-33(24-28-37)32-21-25-36(26-22-32)44(34-13-7-5-8-14-34)38-17-11-19-40(46)30-38/h5-21,23-28,30-32,46H,4,22,29H2,1-3H3. The van der Waals surface area contributed by atoms with Gasteiger partial charge in [-0.1, -0.05) is 86.2 Å². The van der Waals surface area contributed by atoms with E-state index in [4.69, 9.17) is 4.74 Å². The predicted molar refractivity (Wildman–Crippen MR) is 197 cm³/mol. The number of carbonyl (C=O) groups is 1. The fraction of sp³-hybridized carbons (Fsp3) is 0.186. The monoisotopic (exact) mass is 634 g/mol. The van der Waals surface area contributed by atoms with Crippen molar-refractivity contribution in [2.75, 3.05) is 9.80 Å². The molecule has 0 aliphatic heterocycles. The Bertz CT molecular complexity index is 1900. The third kappa shape index (κ3) is 7.37. The summed E-state index contributed by atoms with van der Waals surface area (Å²) in [7, 11) is 0. The number of phenols is 1. The highest BCUT2D eigenvalue weighted by atomic mass is 16.5. The molecular weight excluding hydrogens is 592 g/mol. The van der Waals surface area contributed by atoms with Gasteiger partial charge in [0, 0.05) is 52.2 Å². The minimum atomic E-state index is -0.548. The van der Waals surface area contributed by atoms with Crippen molar-refractivity contribution in [3.63, 3.8) is 0 Å². The Morgan fingerprint density at radius 1 is 0.729 bits per heavy atom. The van der Waals surface area contributed by atoms with Gasteiger partial charge in [0.2, 0.25) is 0 Å². The molecule has 0 amide bonds. The van der Waals surface area contributed by atoms with E-state index in [-0.39, 0.29) is 17.6 Å². The summed E-state index contributed by atoms with van der Waals surface area (Å²) in [6.45, 7) is 5.95. The molecule has 0 heterocycles. The first kappa shape index (κ1) is 32.4. The zero-order valence-electron chi connectivity index (χ0n) is 27.8. The molecule has 0 spiro atoms. The van der Waals surface area contributed by atoms with E-state index in [2.05, 4.69) is 83.5 Å². The lowest BCUT2D eigenvalue weighted by Crippen LogP contribution is -2.28. The van der Waals surface area contributed by atoms with Crippen LogP contribution in [0.4, 0.5) is 28.4 Å². The Morgan fingerprint density at radius 3 is 1.92 bits per heavy atom. The molecule has 0 aromatic heterocycles. The van der Waals surface area contributed by atoms with Crippen molar-refractivity contribution in [2.45, 2.75) is 46.0 Å². The summed E-state index contributed by atoms with van der Waals surface area (Å²) < 4.78 is 5.89. The second kappa shape index (κ2) is 14.5. The number of allylic oxidation sites excluding steroid dienone is 3. The molecule has 6 rings (SSSR count). The predicted octanol–water partition coefficient (Wildman–Crippen LogP) is 11.4. The summed E-state index contributed by atoms with van der Waals surface area (Å²) in [5.41, 5.74) is 6.61. The van der Waals surface area contributed by atoms with E-state index in [1.165, 1.54) is 5.56 Å². The lowest BCUT2D eigenvalue weighted by Gasteiger charge is -2.29. The van der Waals surface area contributed by atoms with Crippen LogP contribution in [0.15, 0.2) is 157 Å². The molecule has 1 aliphatic carbocycles. The quantitative estimate of drug-likeness (QED) is 0.116. The van der Waals surface area contributed by atoms with Crippen LogP contribution in [0.2, 0.25) is 0 Å². The number of phenolic OH excluding ortho intramolecular Hbond substituents is 1. The third-order valence-corrected chi connectivity index (χ3v) is 8.75. The normalized spacial score (nSPS) is 14.2. The van der Waals surface area contributed by atoms with Gasteiger partial charge in [-0.15, -0.1) is 0 Å². The molecule has 5 nitrogen and oxygen atoms in total. The number of aromatic hydroxyl groups is 1. The molecule has 0 radical (unpaired) electrons. The van der Waals surface area contributed by atoms with Crippen molar-refractivity contribution in [1.82, 2.24) is 0 Å². The van der Waals surface area contributed by atoms with Crippen LogP contribution in [0.1, 0.15) is 51.5 Å². The molecule has 48 heavy (non-hydrogen) atoms. The fourth-order valence-electron chi connectivity index (χ4n) is 6.23. The van der Waals surface area contributed by atoms with Gasteiger partial charge in [0.1, 0.15) is 11.5 Å². The number of hydrogen-bond acceptors (Lipinski definition) is 5. The van der Waals surface area contributed by atoms with Gasteiger partial charge in [-0.25, -0.2) is 0 Å². The molecule has 0 bridgehead atoms. The largest absolute Gasteiger partial charge is 0.508 e. The molecule has 0 saturated carbocycles. The van der Waals surface area contributed by atoms with E-state index in [1.54, 1.807) is 12.1 Å². The zero-order chi connectivity index (χ0) is 33.5. The topological polar surface area (TPSA) is 53.0 Å². The summed E-state index contributed by atoms with van der Waals surface area (Å²) >= 11 is 0. The summed E-state index contributed by atoms with van der Waals surface area (Å²) in [6, 6.07) is 44.2. The number of benzene rings is 5. The van der Waals surface area contributed by atoms with Crippen molar-refractivity contribution in [2.24, 2.45) is 5.41 Å². The smallest absolute Gasteiger partial charge is 0.316 e. The van der Waals surface area contributed by atoms with E-state index < -0.39 is 5.41 Å². The molecule has 5 aromatic carbocycles. The van der Waals surface area contributed by atoms with E-state index in [0.29, 0.717) is 5.75 Å². The van der Waals surface area contributed by atoms with Gasteiger partial charge in [-0.3, -0.25) is 4.79 Å². The molecule has 242 valence electrons. The van der Waals surface area contributed by atoms with Crippen LogP contribution in [-0.2, 0) is 4.79 Å². The number of ether oxygens (including phenoxy) is 1. The van der Waals surface area contributed by atoms with Gasteiger partial charge in [-0.05, 0) is 99.0 Å². The van der Waals surface area contributed by atoms with Crippen LogP contribution in [0.3, 0.4) is 0 Å². The summed E-state index contributed by atoms with van der Waals surface area (Å²) in [6.07, 6.45) is 9.22. The van der Waals surface area contributed by atoms with Gasteiger partial charge >= 0.3 is 5.97 Å². The first-order chi connectivity index (χ1) is 23.3. The maximum atomic E-state index is 13.0. The van der Waals surface area contributed by atoms with Gasteiger partial charge < -0.3 is 19.6 Å². The van der Waals surface area contributed by atoms with Gasteiger partial charge in [-0.2, -0.15) is 0 Å². The number of anilines is 5. The zero-order valence-corrected chi connectivity index (χ0v) is 27.8. The molecule has 1 aliphatic rings. The van der Waals surface area contributed by atoms with Gasteiger partial charge in [0.05, 0.1) is 5.41 Å². The van der Waals surface area contributed by atoms with Crippen LogP contribution in [0, 0.1) is 5.41 Å². The number of hydrogen-bond donors (Lipinski definition) is 1. The Hall–Kier alpha value is -5.55. The van der Waals surface area contributed by atoms with Crippen molar-refractivity contribution in [3.05, 3.63) is 163 Å². The maximum absolute atomic E-state index is 13.0. The van der Waals surface area contributed by atoms with E-state index >= 15 is 0 Å². The van der Waals surface area contributed by atoms with Crippen LogP contribution in [0.5, 0.6) is 11.5 Å². The van der Waals surface area contributed by atoms with Gasteiger partial charge in [0.25, 0.3) is 0 Å². The maximum Gasteiger partial charge on any atom is 0.316 e.